The van der Waals surface area contributed by atoms with Gasteiger partial charge in [0, 0.05) is 11.9 Å². The minimum Gasteiger partial charge on any atom is -0.497 e. The first-order valence-corrected chi connectivity index (χ1v) is 9.46. The van der Waals surface area contributed by atoms with Crippen molar-refractivity contribution in [2.75, 3.05) is 12.0 Å². The number of benzene rings is 3. The van der Waals surface area contributed by atoms with E-state index in [9.17, 15) is 4.79 Å². The van der Waals surface area contributed by atoms with Crippen LogP contribution in [-0.4, -0.2) is 13.0 Å². The standard InChI is InChI=1S/C24H20ClNO2/c1-16(27)26-15-21-13-19(17-7-10-23(28-2)11-8-17)5-3-18(21)4-6-20-14-22(25)9-12-24(20)26/h3-14H,15H2,1-2H3/b6-4-. The minimum absolute atomic E-state index is 0.000303. The number of methoxy groups -OCH3 is 1. The van der Waals surface area contributed by atoms with Gasteiger partial charge in [-0.15, -0.1) is 0 Å². The van der Waals surface area contributed by atoms with E-state index in [1.165, 1.54) is 0 Å². The zero-order valence-corrected chi connectivity index (χ0v) is 16.5. The van der Waals surface area contributed by atoms with E-state index >= 15 is 0 Å². The van der Waals surface area contributed by atoms with E-state index < -0.39 is 0 Å². The maximum atomic E-state index is 12.4. The third kappa shape index (κ3) is 3.54. The molecule has 1 aliphatic rings. The summed E-state index contributed by atoms with van der Waals surface area (Å²) in [6.45, 7) is 2.10. The molecule has 140 valence electrons. The fourth-order valence-corrected chi connectivity index (χ4v) is 3.67. The highest BCUT2D eigenvalue weighted by Crippen LogP contribution is 2.33. The average Bonchev–Trinajstić information content (AvgIpc) is 2.69. The molecule has 0 aromatic heterocycles. The number of anilines is 1. The molecule has 0 saturated carbocycles. The Balaban J connectivity index is 1.79. The Hall–Kier alpha value is -3.04. The van der Waals surface area contributed by atoms with Crippen LogP contribution >= 0.6 is 11.6 Å². The molecule has 1 aliphatic heterocycles. The van der Waals surface area contributed by atoms with Gasteiger partial charge in [-0.1, -0.05) is 48.0 Å². The van der Waals surface area contributed by atoms with Crippen molar-refractivity contribution in [1.29, 1.82) is 0 Å². The minimum atomic E-state index is -0.000303. The van der Waals surface area contributed by atoms with E-state index in [0.717, 1.165) is 39.3 Å². The van der Waals surface area contributed by atoms with Gasteiger partial charge in [-0.25, -0.2) is 0 Å². The lowest BCUT2D eigenvalue weighted by atomic mass is 9.96. The third-order valence-corrected chi connectivity index (χ3v) is 5.23. The van der Waals surface area contributed by atoms with E-state index in [0.29, 0.717) is 11.6 Å². The van der Waals surface area contributed by atoms with Gasteiger partial charge in [0.2, 0.25) is 5.91 Å². The van der Waals surface area contributed by atoms with Gasteiger partial charge >= 0.3 is 0 Å². The predicted octanol–water partition coefficient (Wildman–Crippen LogP) is 6.05. The number of nitrogens with zero attached hydrogens (tertiary/aromatic N) is 1. The van der Waals surface area contributed by atoms with Crippen molar-refractivity contribution >= 4 is 35.3 Å². The maximum Gasteiger partial charge on any atom is 0.224 e. The molecule has 0 radical (unpaired) electrons. The fourth-order valence-electron chi connectivity index (χ4n) is 3.49. The molecule has 4 rings (SSSR count). The molecule has 0 saturated heterocycles. The summed E-state index contributed by atoms with van der Waals surface area (Å²) in [5.74, 6) is 0.829. The van der Waals surface area contributed by atoms with E-state index in [4.69, 9.17) is 16.3 Å². The molecule has 4 heteroatoms. The van der Waals surface area contributed by atoms with Crippen LogP contribution < -0.4 is 9.64 Å². The van der Waals surface area contributed by atoms with Gasteiger partial charge in [-0.05, 0) is 64.2 Å². The van der Waals surface area contributed by atoms with E-state index in [-0.39, 0.29) is 5.91 Å². The van der Waals surface area contributed by atoms with Crippen LogP contribution in [-0.2, 0) is 11.3 Å². The molecule has 0 aliphatic carbocycles. The Morgan fingerprint density at radius 2 is 1.64 bits per heavy atom. The van der Waals surface area contributed by atoms with Crippen molar-refractivity contribution in [3.63, 3.8) is 0 Å². The summed E-state index contributed by atoms with van der Waals surface area (Å²) >= 11 is 6.16. The number of ether oxygens (including phenoxy) is 1. The Labute approximate surface area is 169 Å². The molecule has 3 aromatic rings. The van der Waals surface area contributed by atoms with Gasteiger partial charge in [0.05, 0.1) is 19.3 Å². The molecule has 0 bridgehead atoms. The number of fused-ring (bicyclic) bond motifs is 2. The fraction of sp³-hybridized carbons (Fsp3) is 0.125. The zero-order valence-electron chi connectivity index (χ0n) is 15.8. The quantitative estimate of drug-likeness (QED) is 0.533. The van der Waals surface area contributed by atoms with Crippen LogP contribution in [0.5, 0.6) is 5.75 Å². The number of halogens is 1. The lowest BCUT2D eigenvalue weighted by molar-refractivity contribution is -0.116. The average molecular weight is 390 g/mol. The summed E-state index contributed by atoms with van der Waals surface area (Å²) in [6.07, 6.45) is 4.10. The molecule has 0 N–H and O–H groups in total. The summed E-state index contributed by atoms with van der Waals surface area (Å²) in [5.41, 5.74) is 6.21. The highest BCUT2D eigenvalue weighted by atomic mass is 35.5. The van der Waals surface area contributed by atoms with Gasteiger partial charge < -0.3 is 9.64 Å². The summed E-state index contributed by atoms with van der Waals surface area (Å²) in [4.78, 5) is 14.2. The Morgan fingerprint density at radius 1 is 0.929 bits per heavy atom. The van der Waals surface area contributed by atoms with E-state index in [1.807, 2.05) is 48.5 Å². The SMILES string of the molecule is COc1ccc(-c2ccc3c(c2)CN(C(C)=O)c2ccc(Cl)cc2/C=C\3)cc1. The number of carbonyl (C=O) groups excluding carboxylic acids is 1. The van der Waals surface area contributed by atoms with Crippen molar-refractivity contribution in [3.8, 4) is 16.9 Å². The molecule has 1 amide bonds. The molecule has 0 spiro atoms. The summed E-state index contributed by atoms with van der Waals surface area (Å²) in [5, 5.41) is 0.655. The second kappa shape index (κ2) is 7.53. The number of hydrogen-bond donors (Lipinski definition) is 0. The summed E-state index contributed by atoms with van der Waals surface area (Å²) in [6, 6.07) is 19.9. The highest BCUT2D eigenvalue weighted by molar-refractivity contribution is 6.30. The normalized spacial score (nSPS) is 13.8. The van der Waals surface area contributed by atoms with Gasteiger partial charge in [0.25, 0.3) is 0 Å². The second-order valence-electron chi connectivity index (χ2n) is 6.78. The predicted molar refractivity (Wildman–Crippen MR) is 116 cm³/mol. The lowest BCUT2D eigenvalue weighted by Crippen LogP contribution is -2.29. The van der Waals surface area contributed by atoms with E-state index in [1.54, 1.807) is 18.9 Å². The molecule has 1 heterocycles. The third-order valence-electron chi connectivity index (χ3n) is 5.00. The molecule has 0 fully saturated rings. The Kier molecular flexibility index (Phi) is 4.93. The monoisotopic (exact) mass is 389 g/mol. The first kappa shape index (κ1) is 18.3. The van der Waals surface area contributed by atoms with Crippen LogP contribution in [0.1, 0.15) is 23.6 Å². The Morgan fingerprint density at radius 3 is 2.36 bits per heavy atom. The molecule has 3 aromatic carbocycles. The number of amides is 1. The number of hydrogen-bond acceptors (Lipinski definition) is 2. The number of rotatable bonds is 2. The second-order valence-corrected chi connectivity index (χ2v) is 7.22. The zero-order chi connectivity index (χ0) is 19.7. The van der Waals surface area contributed by atoms with Crippen LogP contribution in [0.25, 0.3) is 23.3 Å². The van der Waals surface area contributed by atoms with Gasteiger partial charge in [0.1, 0.15) is 5.75 Å². The van der Waals surface area contributed by atoms with Crippen molar-refractivity contribution in [2.45, 2.75) is 13.5 Å². The van der Waals surface area contributed by atoms with Gasteiger partial charge in [-0.3, -0.25) is 4.79 Å². The van der Waals surface area contributed by atoms with Crippen molar-refractivity contribution in [2.24, 2.45) is 0 Å². The molecule has 3 nitrogen and oxygen atoms in total. The van der Waals surface area contributed by atoms with Crippen LogP contribution in [0, 0.1) is 0 Å². The van der Waals surface area contributed by atoms with Crippen LogP contribution in [0.4, 0.5) is 5.69 Å². The first-order valence-electron chi connectivity index (χ1n) is 9.08. The van der Waals surface area contributed by atoms with Crippen molar-refractivity contribution in [3.05, 3.63) is 82.4 Å². The topological polar surface area (TPSA) is 29.5 Å². The smallest absolute Gasteiger partial charge is 0.224 e. The van der Waals surface area contributed by atoms with E-state index in [2.05, 4.69) is 24.3 Å². The molecular formula is C24H20ClNO2. The maximum absolute atomic E-state index is 12.4. The lowest BCUT2D eigenvalue weighted by Gasteiger charge is -2.26. The van der Waals surface area contributed by atoms with Crippen molar-refractivity contribution in [1.82, 2.24) is 0 Å². The van der Waals surface area contributed by atoms with Gasteiger partial charge in [-0.2, -0.15) is 0 Å². The summed E-state index contributed by atoms with van der Waals surface area (Å²) < 4.78 is 5.25. The molecule has 0 atom stereocenters. The summed E-state index contributed by atoms with van der Waals surface area (Å²) in [7, 11) is 1.66. The van der Waals surface area contributed by atoms with Crippen LogP contribution in [0.2, 0.25) is 5.02 Å². The molecule has 28 heavy (non-hydrogen) atoms. The van der Waals surface area contributed by atoms with Gasteiger partial charge in [0.15, 0.2) is 0 Å². The van der Waals surface area contributed by atoms with Crippen LogP contribution in [0.15, 0.2) is 60.7 Å². The Bertz CT molecular complexity index is 1070. The highest BCUT2D eigenvalue weighted by Gasteiger charge is 2.19. The largest absolute Gasteiger partial charge is 0.497 e. The number of carbonyl (C=O) groups is 1. The molecular weight excluding hydrogens is 370 g/mol. The van der Waals surface area contributed by atoms with Crippen molar-refractivity contribution < 1.29 is 9.53 Å². The van der Waals surface area contributed by atoms with Crippen LogP contribution in [0.3, 0.4) is 0 Å². The molecule has 0 unspecified atom stereocenters. The first-order chi connectivity index (χ1) is 13.5.